The molecule has 4 fully saturated rings. The van der Waals surface area contributed by atoms with Gasteiger partial charge in [-0.05, 0) is 93.3 Å². The largest absolute Gasteiger partial charge is 0.491 e. The van der Waals surface area contributed by atoms with Gasteiger partial charge in [0.1, 0.15) is 23.7 Å². The number of anilines is 3. The Morgan fingerprint density at radius 1 is 1.16 bits per heavy atom. The number of carbonyl (C=O) groups is 1. The van der Waals surface area contributed by atoms with Crippen molar-refractivity contribution in [2.75, 3.05) is 57.0 Å². The predicted molar refractivity (Wildman–Crippen MR) is 167 cm³/mol. The number of rotatable bonds is 9. The molecule has 2 aliphatic heterocycles. The van der Waals surface area contributed by atoms with E-state index in [1.54, 1.807) is 12.1 Å². The standard InChI is InChI=1S/C33H38ClFN6O2/c1-40-12-9-33(10-13-40)17-22(33)18-43-29-16-27-24(31(37-21-36-27)38-23-5-6-26(35)25(34)14-23)15-28(29)39-30(42)4-2-11-41-19-32(20-41)7-3-8-32/h2,4-6,14-16,21-22H,3,7-13,17-20H2,1H3,(H,39,42)(H,36,37,38). The third-order valence-corrected chi connectivity index (χ3v) is 10.4. The van der Waals surface area contributed by atoms with E-state index in [9.17, 15) is 9.18 Å². The lowest BCUT2D eigenvalue weighted by Crippen LogP contribution is -2.59. The highest BCUT2D eigenvalue weighted by molar-refractivity contribution is 6.31. The van der Waals surface area contributed by atoms with Crippen LogP contribution in [-0.2, 0) is 4.79 Å². The average Bonchev–Trinajstić information content (AvgIpc) is 3.63. The van der Waals surface area contributed by atoms with Crippen molar-refractivity contribution >= 4 is 45.6 Å². The van der Waals surface area contributed by atoms with Gasteiger partial charge in [-0.2, -0.15) is 0 Å². The second-order valence-electron chi connectivity index (χ2n) is 13.1. The molecule has 2 saturated carbocycles. The molecule has 0 bridgehead atoms. The van der Waals surface area contributed by atoms with Crippen molar-refractivity contribution in [1.29, 1.82) is 0 Å². The highest BCUT2D eigenvalue weighted by Gasteiger charge is 2.54. The van der Waals surface area contributed by atoms with Crippen LogP contribution in [-0.4, -0.2) is 72.1 Å². The quantitative estimate of drug-likeness (QED) is 0.279. The zero-order chi connectivity index (χ0) is 29.6. The second kappa shape index (κ2) is 11.3. The predicted octanol–water partition coefficient (Wildman–Crippen LogP) is 6.26. The maximum absolute atomic E-state index is 13.7. The number of nitrogens with one attached hydrogen (secondary N) is 2. The molecule has 7 rings (SSSR count). The lowest BCUT2D eigenvalue weighted by molar-refractivity contribution is -0.112. The van der Waals surface area contributed by atoms with Crippen LogP contribution in [0.1, 0.15) is 38.5 Å². The fraction of sp³-hybridized carbons (Fsp3) is 0.485. The van der Waals surface area contributed by atoms with Gasteiger partial charge in [0.15, 0.2) is 0 Å². The topological polar surface area (TPSA) is 82.6 Å². The van der Waals surface area contributed by atoms with E-state index in [0.717, 1.165) is 32.7 Å². The van der Waals surface area contributed by atoms with Crippen LogP contribution in [0.5, 0.6) is 5.75 Å². The van der Waals surface area contributed by atoms with Gasteiger partial charge >= 0.3 is 0 Å². The molecular formula is C33H38ClFN6O2. The molecule has 2 N–H and O–H groups in total. The average molecular weight is 605 g/mol. The zero-order valence-corrected chi connectivity index (χ0v) is 25.3. The minimum absolute atomic E-state index is 0.0160. The number of benzene rings is 2. The number of aromatic nitrogens is 2. The van der Waals surface area contributed by atoms with Crippen LogP contribution in [0.2, 0.25) is 5.02 Å². The number of carbonyl (C=O) groups excluding carboxylic acids is 1. The molecule has 43 heavy (non-hydrogen) atoms. The van der Waals surface area contributed by atoms with Crippen LogP contribution in [0.3, 0.4) is 0 Å². The summed E-state index contributed by atoms with van der Waals surface area (Å²) in [6, 6.07) is 8.12. The molecule has 0 radical (unpaired) electrons. The molecule has 3 aromatic rings. The minimum atomic E-state index is -0.492. The van der Waals surface area contributed by atoms with E-state index in [-0.39, 0.29) is 10.9 Å². The zero-order valence-electron chi connectivity index (χ0n) is 24.5. The van der Waals surface area contributed by atoms with E-state index in [0.29, 0.717) is 57.2 Å². The molecule has 3 heterocycles. The van der Waals surface area contributed by atoms with E-state index < -0.39 is 5.82 Å². The van der Waals surface area contributed by atoms with Crippen molar-refractivity contribution in [2.45, 2.75) is 38.5 Å². The lowest BCUT2D eigenvalue weighted by Gasteiger charge is -2.56. The number of ether oxygens (including phenoxy) is 1. The molecule has 2 spiro atoms. The Labute approximate surface area is 256 Å². The fourth-order valence-corrected chi connectivity index (χ4v) is 7.33. The van der Waals surface area contributed by atoms with Gasteiger partial charge in [-0.3, -0.25) is 9.69 Å². The van der Waals surface area contributed by atoms with Crippen LogP contribution < -0.4 is 15.4 Å². The van der Waals surface area contributed by atoms with E-state index in [2.05, 4.69) is 37.4 Å². The van der Waals surface area contributed by atoms with Crippen LogP contribution in [0.15, 0.2) is 48.8 Å². The van der Waals surface area contributed by atoms with Gasteiger partial charge in [0, 0.05) is 42.9 Å². The van der Waals surface area contributed by atoms with Gasteiger partial charge in [-0.25, -0.2) is 14.4 Å². The molecule has 10 heteroatoms. The summed E-state index contributed by atoms with van der Waals surface area (Å²) < 4.78 is 20.2. The van der Waals surface area contributed by atoms with Gasteiger partial charge in [-0.15, -0.1) is 0 Å². The number of nitrogens with zero attached hydrogens (tertiary/aromatic N) is 4. The first kappa shape index (κ1) is 28.5. The van der Waals surface area contributed by atoms with Crippen molar-refractivity contribution in [3.05, 3.63) is 59.7 Å². The number of piperidine rings is 1. The van der Waals surface area contributed by atoms with Gasteiger partial charge in [0.05, 0.1) is 22.8 Å². The Morgan fingerprint density at radius 3 is 2.72 bits per heavy atom. The van der Waals surface area contributed by atoms with Gasteiger partial charge in [0.2, 0.25) is 5.91 Å². The van der Waals surface area contributed by atoms with Gasteiger partial charge < -0.3 is 20.3 Å². The first-order valence-electron chi connectivity index (χ1n) is 15.3. The molecule has 1 atom stereocenters. The SMILES string of the molecule is CN1CCC2(CC1)CC2COc1cc2ncnc(Nc3ccc(F)c(Cl)c3)c2cc1NC(=O)C=CCN1CC2(CCC2)C1. The summed E-state index contributed by atoms with van der Waals surface area (Å²) in [4.78, 5) is 26.8. The van der Waals surface area contributed by atoms with E-state index >= 15 is 0 Å². The molecule has 1 aromatic heterocycles. The van der Waals surface area contributed by atoms with E-state index in [1.807, 2.05) is 18.2 Å². The molecule has 8 nitrogen and oxygen atoms in total. The summed E-state index contributed by atoms with van der Waals surface area (Å²) in [5, 5.41) is 6.97. The molecular weight excluding hydrogens is 567 g/mol. The molecule has 226 valence electrons. The number of hydrogen-bond donors (Lipinski definition) is 2. The first-order valence-corrected chi connectivity index (χ1v) is 15.7. The summed E-state index contributed by atoms with van der Waals surface area (Å²) in [5.74, 6) is 0.919. The number of halogens is 2. The number of hydrogen-bond acceptors (Lipinski definition) is 7. The highest BCUT2D eigenvalue weighted by atomic mass is 35.5. The fourth-order valence-electron chi connectivity index (χ4n) is 7.15. The molecule has 4 aliphatic rings. The Kier molecular flexibility index (Phi) is 7.51. The summed E-state index contributed by atoms with van der Waals surface area (Å²) in [5.41, 5.74) is 2.77. The Bertz CT molecular complexity index is 1560. The van der Waals surface area contributed by atoms with Gasteiger partial charge in [0.25, 0.3) is 0 Å². The van der Waals surface area contributed by atoms with E-state index in [1.165, 1.54) is 57.0 Å². The van der Waals surface area contributed by atoms with Crippen molar-refractivity contribution in [2.24, 2.45) is 16.7 Å². The minimum Gasteiger partial charge on any atom is -0.491 e. The number of fused-ring (bicyclic) bond motifs is 1. The van der Waals surface area contributed by atoms with Crippen LogP contribution in [0, 0.1) is 22.6 Å². The number of likely N-dealkylation sites (tertiary alicyclic amines) is 2. The van der Waals surface area contributed by atoms with Crippen molar-refractivity contribution < 1.29 is 13.9 Å². The number of amides is 1. The third-order valence-electron chi connectivity index (χ3n) is 10.1. The first-order chi connectivity index (χ1) is 20.8. The highest BCUT2D eigenvalue weighted by Crippen LogP contribution is 2.59. The molecule has 1 unspecified atom stereocenters. The second-order valence-corrected chi connectivity index (χ2v) is 13.5. The van der Waals surface area contributed by atoms with Crippen molar-refractivity contribution in [3.8, 4) is 5.75 Å². The summed E-state index contributed by atoms with van der Waals surface area (Å²) in [6.45, 7) is 5.91. The van der Waals surface area contributed by atoms with Crippen molar-refractivity contribution in [1.82, 2.24) is 19.8 Å². The van der Waals surface area contributed by atoms with E-state index in [4.69, 9.17) is 16.3 Å². The lowest BCUT2D eigenvalue weighted by atomic mass is 9.63. The molecule has 2 aliphatic carbocycles. The normalized spacial score (nSPS) is 22.4. The summed E-state index contributed by atoms with van der Waals surface area (Å²) in [7, 11) is 2.18. The Balaban J connectivity index is 1.09. The van der Waals surface area contributed by atoms with Crippen LogP contribution in [0.25, 0.3) is 10.9 Å². The third kappa shape index (κ3) is 5.95. The maximum atomic E-state index is 13.7. The molecule has 1 amide bonds. The molecule has 2 aromatic carbocycles. The van der Waals surface area contributed by atoms with Crippen LogP contribution in [0.4, 0.5) is 21.6 Å². The maximum Gasteiger partial charge on any atom is 0.248 e. The molecule has 2 saturated heterocycles. The van der Waals surface area contributed by atoms with Gasteiger partial charge in [-0.1, -0.05) is 24.1 Å². The Hall–Kier alpha value is -3.27. The van der Waals surface area contributed by atoms with Crippen molar-refractivity contribution in [3.63, 3.8) is 0 Å². The summed E-state index contributed by atoms with van der Waals surface area (Å²) >= 11 is 6.00. The summed E-state index contributed by atoms with van der Waals surface area (Å²) in [6.07, 6.45) is 12.6. The Morgan fingerprint density at radius 2 is 1.98 bits per heavy atom. The smallest absolute Gasteiger partial charge is 0.248 e. The monoisotopic (exact) mass is 604 g/mol. The van der Waals surface area contributed by atoms with Crippen LogP contribution >= 0.6 is 11.6 Å².